The highest BCUT2D eigenvalue weighted by Gasteiger charge is 2.13. The smallest absolute Gasteiger partial charge is 0.137 e. The molecule has 21 heavy (non-hydrogen) atoms. The standard InChI is InChI=1S/C18H21BrFN/c1-13(2)10-18(15-6-4-3-5-7-15)21-12-14-8-9-16(19)17(20)11-14/h3-9,11,13,18,21H,10,12H2,1-2H3. The lowest BCUT2D eigenvalue weighted by molar-refractivity contribution is 0.428. The molecule has 3 heteroatoms. The number of hydrogen-bond donors (Lipinski definition) is 1. The molecule has 0 heterocycles. The van der Waals surface area contributed by atoms with Crippen LogP contribution in [-0.2, 0) is 6.54 Å². The van der Waals surface area contributed by atoms with Gasteiger partial charge >= 0.3 is 0 Å². The van der Waals surface area contributed by atoms with Crippen molar-refractivity contribution in [3.8, 4) is 0 Å². The Kier molecular flexibility index (Phi) is 5.95. The molecule has 0 aliphatic rings. The van der Waals surface area contributed by atoms with Crippen LogP contribution in [0.1, 0.15) is 37.4 Å². The van der Waals surface area contributed by atoms with Crippen molar-refractivity contribution in [2.24, 2.45) is 5.92 Å². The van der Waals surface area contributed by atoms with E-state index in [1.165, 1.54) is 5.56 Å². The van der Waals surface area contributed by atoms with Crippen molar-refractivity contribution >= 4 is 15.9 Å². The van der Waals surface area contributed by atoms with Gasteiger partial charge in [-0.05, 0) is 51.5 Å². The van der Waals surface area contributed by atoms with Crippen molar-refractivity contribution < 1.29 is 4.39 Å². The van der Waals surface area contributed by atoms with E-state index in [1.807, 2.05) is 12.1 Å². The van der Waals surface area contributed by atoms with Gasteiger partial charge < -0.3 is 5.32 Å². The normalized spacial score (nSPS) is 12.6. The summed E-state index contributed by atoms with van der Waals surface area (Å²) in [5, 5.41) is 3.55. The fourth-order valence-corrected chi connectivity index (χ4v) is 2.63. The van der Waals surface area contributed by atoms with Gasteiger partial charge in [0.25, 0.3) is 0 Å². The Morgan fingerprint density at radius 3 is 2.43 bits per heavy atom. The molecule has 0 amide bonds. The summed E-state index contributed by atoms with van der Waals surface area (Å²) in [5.41, 5.74) is 2.24. The number of hydrogen-bond acceptors (Lipinski definition) is 1. The Labute approximate surface area is 134 Å². The van der Waals surface area contributed by atoms with E-state index < -0.39 is 0 Å². The van der Waals surface area contributed by atoms with Crippen LogP contribution in [0.2, 0.25) is 0 Å². The van der Waals surface area contributed by atoms with Crippen LogP contribution in [0, 0.1) is 11.7 Å². The summed E-state index contributed by atoms with van der Waals surface area (Å²) >= 11 is 3.18. The highest BCUT2D eigenvalue weighted by molar-refractivity contribution is 9.10. The van der Waals surface area contributed by atoms with Crippen LogP contribution in [0.5, 0.6) is 0 Å². The summed E-state index contributed by atoms with van der Waals surface area (Å²) in [6.07, 6.45) is 1.06. The minimum atomic E-state index is -0.213. The lowest BCUT2D eigenvalue weighted by Crippen LogP contribution is -2.22. The molecule has 0 fully saturated rings. The number of rotatable bonds is 6. The molecule has 0 saturated carbocycles. The molecule has 0 saturated heterocycles. The van der Waals surface area contributed by atoms with E-state index in [2.05, 4.69) is 59.4 Å². The summed E-state index contributed by atoms with van der Waals surface area (Å²) in [7, 11) is 0. The van der Waals surface area contributed by atoms with Gasteiger partial charge in [-0.3, -0.25) is 0 Å². The number of nitrogens with one attached hydrogen (secondary N) is 1. The van der Waals surface area contributed by atoms with Gasteiger partial charge in [-0.2, -0.15) is 0 Å². The maximum Gasteiger partial charge on any atom is 0.137 e. The van der Waals surface area contributed by atoms with E-state index in [0.717, 1.165) is 12.0 Å². The Bertz CT molecular complexity index is 569. The van der Waals surface area contributed by atoms with Crippen LogP contribution in [0.3, 0.4) is 0 Å². The van der Waals surface area contributed by atoms with Gasteiger partial charge in [0.05, 0.1) is 4.47 Å². The fraction of sp³-hybridized carbons (Fsp3) is 0.333. The van der Waals surface area contributed by atoms with E-state index in [4.69, 9.17) is 0 Å². The highest BCUT2D eigenvalue weighted by Crippen LogP contribution is 2.22. The summed E-state index contributed by atoms with van der Waals surface area (Å²) in [6.45, 7) is 5.10. The average molecular weight is 350 g/mol. The third-order valence-electron chi connectivity index (χ3n) is 3.45. The van der Waals surface area contributed by atoms with Crippen molar-refractivity contribution in [3.63, 3.8) is 0 Å². The van der Waals surface area contributed by atoms with Crippen LogP contribution < -0.4 is 5.32 Å². The van der Waals surface area contributed by atoms with Crippen molar-refractivity contribution in [3.05, 3.63) is 69.9 Å². The molecule has 2 rings (SSSR count). The Morgan fingerprint density at radius 2 is 1.81 bits per heavy atom. The van der Waals surface area contributed by atoms with Gasteiger partial charge in [-0.15, -0.1) is 0 Å². The average Bonchev–Trinajstić information content (AvgIpc) is 2.47. The van der Waals surface area contributed by atoms with Crippen LogP contribution in [0.25, 0.3) is 0 Å². The third kappa shape index (κ3) is 4.94. The molecule has 1 unspecified atom stereocenters. The number of benzene rings is 2. The quantitative estimate of drug-likeness (QED) is 0.729. The van der Waals surface area contributed by atoms with Gasteiger partial charge in [0.2, 0.25) is 0 Å². The molecule has 0 aromatic heterocycles. The molecule has 112 valence electrons. The summed E-state index contributed by atoms with van der Waals surface area (Å²) in [4.78, 5) is 0. The van der Waals surface area contributed by atoms with E-state index >= 15 is 0 Å². The monoisotopic (exact) mass is 349 g/mol. The molecule has 0 spiro atoms. The van der Waals surface area contributed by atoms with Gasteiger partial charge in [-0.25, -0.2) is 4.39 Å². The van der Waals surface area contributed by atoms with E-state index in [1.54, 1.807) is 12.1 Å². The first kappa shape index (κ1) is 16.2. The predicted molar refractivity (Wildman–Crippen MR) is 89.6 cm³/mol. The molecular weight excluding hydrogens is 329 g/mol. The maximum absolute atomic E-state index is 13.6. The summed E-state index contributed by atoms with van der Waals surface area (Å²) in [5.74, 6) is 0.388. The van der Waals surface area contributed by atoms with Crippen LogP contribution in [0.15, 0.2) is 53.0 Å². The predicted octanol–water partition coefficient (Wildman–Crippen LogP) is 5.47. The van der Waals surface area contributed by atoms with Gasteiger partial charge in [0.1, 0.15) is 5.82 Å². The van der Waals surface area contributed by atoms with Gasteiger partial charge in [-0.1, -0.05) is 50.2 Å². The molecule has 1 atom stereocenters. The van der Waals surface area contributed by atoms with Crippen molar-refractivity contribution in [2.45, 2.75) is 32.9 Å². The van der Waals surface area contributed by atoms with Gasteiger partial charge in [0, 0.05) is 12.6 Å². The highest BCUT2D eigenvalue weighted by atomic mass is 79.9. The fourth-order valence-electron chi connectivity index (χ4n) is 2.38. The first-order chi connectivity index (χ1) is 10.1. The summed E-state index contributed by atoms with van der Waals surface area (Å²) < 4.78 is 14.1. The Hall–Kier alpha value is -1.19. The molecule has 2 aromatic carbocycles. The minimum absolute atomic E-state index is 0.213. The molecule has 0 aliphatic heterocycles. The zero-order valence-electron chi connectivity index (χ0n) is 12.4. The molecule has 1 nitrogen and oxygen atoms in total. The van der Waals surface area contributed by atoms with Crippen molar-refractivity contribution in [1.29, 1.82) is 0 Å². The first-order valence-corrected chi connectivity index (χ1v) is 8.08. The molecular formula is C18H21BrFN. The second-order valence-corrected chi connectivity index (χ2v) is 6.58. The largest absolute Gasteiger partial charge is 0.306 e. The van der Waals surface area contributed by atoms with Crippen LogP contribution in [-0.4, -0.2) is 0 Å². The topological polar surface area (TPSA) is 12.0 Å². The molecule has 0 aliphatic carbocycles. The lowest BCUT2D eigenvalue weighted by atomic mass is 9.97. The number of halogens is 2. The molecule has 1 N–H and O–H groups in total. The summed E-state index contributed by atoms with van der Waals surface area (Å²) in [6, 6.07) is 16.0. The maximum atomic E-state index is 13.6. The van der Waals surface area contributed by atoms with Crippen molar-refractivity contribution in [1.82, 2.24) is 5.32 Å². The van der Waals surface area contributed by atoms with E-state index in [-0.39, 0.29) is 11.9 Å². The van der Waals surface area contributed by atoms with Crippen LogP contribution in [0.4, 0.5) is 4.39 Å². The molecule has 0 radical (unpaired) electrons. The Balaban J connectivity index is 2.07. The van der Waals surface area contributed by atoms with Crippen LogP contribution >= 0.6 is 15.9 Å². The zero-order chi connectivity index (χ0) is 15.2. The SMILES string of the molecule is CC(C)CC(NCc1ccc(Br)c(F)c1)c1ccccc1. The third-order valence-corrected chi connectivity index (χ3v) is 4.09. The first-order valence-electron chi connectivity index (χ1n) is 7.28. The van der Waals surface area contributed by atoms with Crippen molar-refractivity contribution in [2.75, 3.05) is 0 Å². The second kappa shape index (κ2) is 7.71. The molecule has 2 aromatic rings. The van der Waals surface area contributed by atoms with E-state index in [0.29, 0.717) is 16.9 Å². The molecule has 0 bridgehead atoms. The zero-order valence-corrected chi connectivity index (χ0v) is 14.0. The van der Waals surface area contributed by atoms with E-state index in [9.17, 15) is 4.39 Å². The second-order valence-electron chi connectivity index (χ2n) is 5.72. The Morgan fingerprint density at radius 1 is 1.10 bits per heavy atom. The lowest BCUT2D eigenvalue weighted by Gasteiger charge is -2.21. The van der Waals surface area contributed by atoms with Gasteiger partial charge in [0.15, 0.2) is 0 Å². The minimum Gasteiger partial charge on any atom is -0.306 e.